The molecule has 5 atom stereocenters. The van der Waals surface area contributed by atoms with Crippen molar-refractivity contribution in [2.75, 3.05) is 14.1 Å². The molecule has 2 heterocycles. The summed E-state index contributed by atoms with van der Waals surface area (Å²) < 4.78 is 16.0. The van der Waals surface area contributed by atoms with Crippen LogP contribution in [0.5, 0.6) is 5.75 Å². The molecule has 5 N–H and O–H groups in total. The molecular weight excluding hydrogens is 509 g/mol. The van der Waals surface area contributed by atoms with Gasteiger partial charge < -0.3 is 21.1 Å². The summed E-state index contributed by atoms with van der Waals surface area (Å²) in [6, 6.07) is 0.887. The second-order valence-electron chi connectivity index (χ2n) is 11.8. The summed E-state index contributed by atoms with van der Waals surface area (Å²) in [5.41, 5.74) is 2.83. The van der Waals surface area contributed by atoms with Crippen LogP contribution in [0.2, 0.25) is 0 Å². The average Bonchev–Trinajstić information content (AvgIpc) is 3.42. The van der Waals surface area contributed by atoms with Gasteiger partial charge in [-0.2, -0.15) is 0 Å². The number of aliphatic hydroxyl groups excluding tert-OH is 1. The number of fused-ring (bicyclic) bond motifs is 4. The first-order chi connectivity index (χ1) is 18.4. The third-order valence-corrected chi connectivity index (χ3v) is 9.47. The first-order valence-corrected chi connectivity index (χ1v) is 13.6. The third-order valence-electron chi connectivity index (χ3n) is 9.47. The van der Waals surface area contributed by atoms with Crippen molar-refractivity contribution in [3.63, 3.8) is 0 Å². The molecule has 2 aliphatic carbocycles. The van der Waals surface area contributed by atoms with Gasteiger partial charge in [-0.3, -0.25) is 29.0 Å². The molecule has 11 heteroatoms. The Hall–Kier alpha value is -2.73. The smallest absolute Gasteiger partial charge is 0.235 e. The number of carbonyl (C=O) groups is 4. The Kier molecular flexibility index (Phi) is 7.15. The van der Waals surface area contributed by atoms with E-state index in [1.54, 1.807) is 0 Å². The van der Waals surface area contributed by atoms with Crippen molar-refractivity contribution in [1.29, 1.82) is 0 Å². The SMILES string of the molecule is CN(C)C1C(=O)C(C(N)=O)C(=O)C2(O)C(=O)CC(O)c3c(O)cc(CN4C5CCC4CC5)c(F)c3CCCC12. The molecule has 5 rings (SSSR count). The maximum atomic E-state index is 16.0. The number of hydrogen-bond donors (Lipinski definition) is 4. The molecule has 2 saturated heterocycles. The van der Waals surface area contributed by atoms with Crippen LogP contribution < -0.4 is 5.73 Å². The number of Topliss-reactive ketones (excluding diaryl/α,β-unsaturated/α-hetero) is 3. The van der Waals surface area contributed by atoms with Gasteiger partial charge in [0.1, 0.15) is 11.6 Å². The average molecular weight is 546 g/mol. The molecule has 2 aliphatic heterocycles. The summed E-state index contributed by atoms with van der Waals surface area (Å²) >= 11 is 0. The van der Waals surface area contributed by atoms with Crippen molar-refractivity contribution < 1.29 is 38.9 Å². The zero-order chi connectivity index (χ0) is 28.4. The highest BCUT2D eigenvalue weighted by Gasteiger charge is 2.63. The van der Waals surface area contributed by atoms with Gasteiger partial charge in [0.15, 0.2) is 28.9 Å². The monoisotopic (exact) mass is 545 g/mol. The summed E-state index contributed by atoms with van der Waals surface area (Å²) in [6.45, 7) is 0.333. The summed E-state index contributed by atoms with van der Waals surface area (Å²) in [6.07, 6.45) is 1.86. The number of likely N-dealkylation sites (N-methyl/N-ethyl adjacent to an activating group) is 1. The first kappa shape index (κ1) is 27.8. The molecule has 3 fully saturated rings. The molecular formula is C28H36FN3O7. The van der Waals surface area contributed by atoms with Crippen LogP contribution in [0.1, 0.15) is 67.7 Å². The number of phenols is 1. The molecule has 4 aliphatic rings. The first-order valence-electron chi connectivity index (χ1n) is 13.6. The lowest BCUT2D eigenvalue weighted by atomic mass is 9.61. The molecule has 1 aromatic rings. The Bertz CT molecular complexity index is 1220. The van der Waals surface area contributed by atoms with Crippen LogP contribution in [0.15, 0.2) is 6.07 Å². The second-order valence-corrected chi connectivity index (χ2v) is 11.8. The molecule has 0 spiro atoms. The van der Waals surface area contributed by atoms with E-state index in [4.69, 9.17) is 5.73 Å². The molecule has 1 saturated carbocycles. The third kappa shape index (κ3) is 4.30. The molecule has 2 bridgehead atoms. The predicted octanol–water partition coefficient (Wildman–Crippen LogP) is 0.518. The van der Waals surface area contributed by atoms with Gasteiger partial charge in [0.2, 0.25) is 5.91 Å². The lowest BCUT2D eigenvalue weighted by molar-refractivity contribution is -0.174. The highest BCUT2D eigenvalue weighted by Crippen LogP contribution is 2.44. The van der Waals surface area contributed by atoms with Crippen molar-refractivity contribution in [1.82, 2.24) is 9.80 Å². The van der Waals surface area contributed by atoms with Crippen molar-refractivity contribution in [3.05, 3.63) is 28.6 Å². The van der Waals surface area contributed by atoms with Gasteiger partial charge >= 0.3 is 0 Å². The number of ketones is 3. The summed E-state index contributed by atoms with van der Waals surface area (Å²) in [4.78, 5) is 55.8. The Balaban J connectivity index is 1.54. The van der Waals surface area contributed by atoms with E-state index in [1.165, 1.54) is 25.1 Å². The number of aromatic hydroxyl groups is 1. The fraction of sp³-hybridized carbons (Fsp3) is 0.643. The number of hydrogen-bond acceptors (Lipinski definition) is 9. The molecule has 0 aromatic heterocycles. The van der Waals surface area contributed by atoms with E-state index in [0.717, 1.165) is 25.7 Å². The van der Waals surface area contributed by atoms with E-state index in [2.05, 4.69) is 4.90 Å². The van der Waals surface area contributed by atoms with Gasteiger partial charge in [-0.15, -0.1) is 0 Å². The van der Waals surface area contributed by atoms with Gasteiger partial charge in [0, 0.05) is 42.1 Å². The van der Waals surface area contributed by atoms with Crippen LogP contribution in [0, 0.1) is 17.7 Å². The quantitative estimate of drug-likeness (QED) is 0.395. The van der Waals surface area contributed by atoms with Gasteiger partial charge in [0.05, 0.1) is 12.1 Å². The highest BCUT2D eigenvalue weighted by molar-refractivity contribution is 6.29. The Morgan fingerprint density at radius 2 is 1.77 bits per heavy atom. The van der Waals surface area contributed by atoms with Crippen LogP contribution in [0.25, 0.3) is 0 Å². The van der Waals surface area contributed by atoms with Gasteiger partial charge in [-0.1, -0.05) is 0 Å². The number of amides is 1. The van der Waals surface area contributed by atoms with Crippen molar-refractivity contribution in [2.24, 2.45) is 17.6 Å². The number of primary amides is 1. The topological polar surface area (TPSA) is 161 Å². The standard InChI is InChI=1S/C28H36FN3O7/c1-31(2)24-17-5-3-4-16-21(18(33)10-13(23(16)29)12-32-14-6-7-15(32)9-8-14)19(34)11-20(35)28(17,39)26(37)22(25(24)36)27(30)38/h10,14-15,17,19,22,24,33-34,39H,3-9,11-12H2,1-2H3,(H2,30,38). The van der Waals surface area contributed by atoms with Crippen molar-refractivity contribution >= 4 is 23.3 Å². The normalized spacial score (nSPS) is 35.3. The van der Waals surface area contributed by atoms with Crippen LogP contribution in [-0.4, -0.2) is 86.2 Å². The minimum atomic E-state index is -2.76. The predicted molar refractivity (Wildman–Crippen MR) is 136 cm³/mol. The number of rotatable bonds is 4. The molecule has 5 unspecified atom stereocenters. The number of benzene rings is 1. The van der Waals surface area contributed by atoms with Gasteiger partial charge in [-0.25, -0.2) is 4.39 Å². The fourth-order valence-electron chi connectivity index (χ4n) is 7.63. The lowest BCUT2D eigenvalue weighted by Gasteiger charge is -2.46. The molecule has 0 radical (unpaired) electrons. The van der Waals surface area contributed by atoms with Crippen molar-refractivity contribution in [3.8, 4) is 5.75 Å². The molecule has 1 aromatic carbocycles. The summed E-state index contributed by atoms with van der Waals surface area (Å²) in [7, 11) is 3.06. The van der Waals surface area contributed by atoms with Crippen LogP contribution in [0.4, 0.5) is 4.39 Å². The van der Waals surface area contributed by atoms with E-state index < -0.39 is 65.1 Å². The number of phenolic OH excluding ortho intramolecular Hbond substituents is 1. The second kappa shape index (κ2) is 10.0. The van der Waals surface area contributed by atoms with E-state index in [9.17, 15) is 34.5 Å². The number of nitrogens with two attached hydrogens (primary N) is 1. The van der Waals surface area contributed by atoms with Gasteiger partial charge in [0.25, 0.3) is 0 Å². The zero-order valence-electron chi connectivity index (χ0n) is 22.2. The molecule has 1 amide bonds. The largest absolute Gasteiger partial charge is 0.508 e. The maximum absolute atomic E-state index is 16.0. The zero-order valence-corrected chi connectivity index (χ0v) is 22.2. The molecule has 212 valence electrons. The minimum absolute atomic E-state index is 0.0235. The Morgan fingerprint density at radius 3 is 2.33 bits per heavy atom. The lowest BCUT2D eigenvalue weighted by Crippen LogP contribution is -2.70. The summed E-state index contributed by atoms with van der Waals surface area (Å²) in [5, 5.41) is 33.6. The van der Waals surface area contributed by atoms with E-state index in [1.807, 2.05) is 0 Å². The minimum Gasteiger partial charge on any atom is -0.508 e. The number of aliphatic hydroxyl groups is 2. The van der Waals surface area contributed by atoms with E-state index >= 15 is 4.39 Å². The number of carbonyl (C=O) groups excluding carboxylic acids is 4. The molecule has 10 nitrogen and oxygen atoms in total. The fourth-order valence-corrected chi connectivity index (χ4v) is 7.63. The van der Waals surface area contributed by atoms with E-state index in [0.29, 0.717) is 24.2 Å². The van der Waals surface area contributed by atoms with Gasteiger partial charge in [-0.05, 0) is 70.7 Å². The number of halogens is 1. The number of nitrogens with zero attached hydrogens (tertiary/aromatic N) is 2. The van der Waals surface area contributed by atoms with Crippen LogP contribution >= 0.6 is 0 Å². The maximum Gasteiger partial charge on any atom is 0.235 e. The highest BCUT2D eigenvalue weighted by atomic mass is 19.1. The van der Waals surface area contributed by atoms with Crippen molar-refractivity contribution in [2.45, 2.75) is 87.7 Å². The van der Waals surface area contributed by atoms with E-state index in [-0.39, 0.29) is 36.1 Å². The Morgan fingerprint density at radius 1 is 1.15 bits per heavy atom. The summed E-state index contributed by atoms with van der Waals surface area (Å²) in [5.74, 6) is -8.63. The molecule has 39 heavy (non-hydrogen) atoms. The van der Waals surface area contributed by atoms with Crippen LogP contribution in [-0.2, 0) is 32.1 Å². The Labute approximate surface area is 225 Å². The van der Waals surface area contributed by atoms with Crippen LogP contribution in [0.3, 0.4) is 0 Å².